The highest BCUT2D eigenvalue weighted by molar-refractivity contribution is 6.32. The largest absolute Gasteiger partial charge is 0.493 e. The molecule has 0 bridgehead atoms. The maximum Gasteiger partial charge on any atom is 0.258 e. The summed E-state index contributed by atoms with van der Waals surface area (Å²) in [5.41, 5.74) is 1.57. The molecule has 28 heavy (non-hydrogen) atoms. The van der Waals surface area contributed by atoms with E-state index in [9.17, 15) is 4.79 Å². The molecule has 0 radical (unpaired) electrons. The van der Waals surface area contributed by atoms with Crippen LogP contribution in [0.15, 0.2) is 41.2 Å². The van der Waals surface area contributed by atoms with E-state index in [2.05, 4.69) is 21.8 Å². The van der Waals surface area contributed by atoms with Crippen LogP contribution in [0.2, 0.25) is 5.02 Å². The van der Waals surface area contributed by atoms with Crippen molar-refractivity contribution in [1.82, 2.24) is 14.9 Å². The van der Waals surface area contributed by atoms with Crippen molar-refractivity contribution >= 4 is 22.5 Å². The van der Waals surface area contributed by atoms with Gasteiger partial charge >= 0.3 is 0 Å². The van der Waals surface area contributed by atoms with Gasteiger partial charge in [0, 0.05) is 6.54 Å². The first kappa shape index (κ1) is 20.2. The molecule has 0 unspecified atom stereocenters. The fourth-order valence-electron chi connectivity index (χ4n) is 3.11. The normalized spacial score (nSPS) is 11.2. The summed E-state index contributed by atoms with van der Waals surface area (Å²) >= 11 is 6.38. The quantitative estimate of drug-likeness (QED) is 0.617. The topological polar surface area (TPSA) is 67.5 Å². The van der Waals surface area contributed by atoms with E-state index in [0.29, 0.717) is 52.9 Å². The number of nitrogens with one attached hydrogen (secondary N) is 1. The zero-order chi connectivity index (χ0) is 20.1. The van der Waals surface area contributed by atoms with Crippen LogP contribution in [0.4, 0.5) is 0 Å². The van der Waals surface area contributed by atoms with Crippen LogP contribution in [0, 0.1) is 0 Å². The highest BCUT2D eigenvalue weighted by atomic mass is 35.5. The molecule has 1 heterocycles. The van der Waals surface area contributed by atoms with Gasteiger partial charge in [-0.15, -0.1) is 0 Å². The molecule has 3 rings (SSSR count). The maximum atomic E-state index is 12.3. The van der Waals surface area contributed by atoms with Gasteiger partial charge < -0.3 is 14.5 Å². The lowest BCUT2D eigenvalue weighted by atomic mass is 10.1. The van der Waals surface area contributed by atoms with E-state index >= 15 is 0 Å². The van der Waals surface area contributed by atoms with E-state index in [0.717, 1.165) is 12.1 Å². The molecule has 7 heteroatoms. The number of hydrogen-bond acceptors (Lipinski definition) is 5. The molecule has 0 saturated carbocycles. The van der Waals surface area contributed by atoms with Gasteiger partial charge in [-0.1, -0.05) is 30.7 Å². The fraction of sp³-hybridized carbons (Fsp3) is 0.333. The Bertz CT molecular complexity index is 1020. The summed E-state index contributed by atoms with van der Waals surface area (Å²) in [4.78, 5) is 21.9. The van der Waals surface area contributed by atoms with Gasteiger partial charge in [0.25, 0.3) is 5.56 Å². The highest BCUT2D eigenvalue weighted by Crippen LogP contribution is 2.36. The van der Waals surface area contributed by atoms with Crippen molar-refractivity contribution in [3.8, 4) is 11.5 Å². The number of rotatable bonds is 8. The van der Waals surface area contributed by atoms with E-state index in [1.807, 2.05) is 37.3 Å². The van der Waals surface area contributed by atoms with Gasteiger partial charge in [0.15, 0.2) is 11.5 Å². The van der Waals surface area contributed by atoms with Gasteiger partial charge in [-0.3, -0.25) is 9.69 Å². The van der Waals surface area contributed by atoms with Crippen LogP contribution in [0.3, 0.4) is 0 Å². The second-order valence-electron chi connectivity index (χ2n) is 6.38. The SMILES string of the molecule is CCOc1c(Cl)cc(CN(CC)Cc2nc3ccccc3c(=O)[nH]2)cc1OC. The molecule has 0 fully saturated rings. The van der Waals surface area contributed by atoms with E-state index in [4.69, 9.17) is 21.1 Å². The number of halogens is 1. The standard InChI is InChI=1S/C21H24ClN3O3/c1-4-25(12-14-10-16(22)20(28-5-2)18(11-14)27-3)13-19-23-17-9-7-6-8-15(17)21(26)24-19/h6-11H,4-5,12-13H2,1-3H3,(H,23,24,26). The second-order valence-corrected chi connectivity index (χ2v) is 6.78. The third kappa shape index (κ3) is 4.46. The fourth-order valence-corrected chi connectivity index (χ4v) is 3.40. The minimum atomic E-state index is -0.123. The molecule has 0 saturated heterocycles. The van der Waals surface area contributed by atoms with Crippen molar-refractivity contribution in [2.45, 2.75) is 26.9 Å². The summed E-state index contributed by atoms with van der Waals surface area (Å²) in [5.74, 6) is 1.80. The molecule has 0 spiro atoms. The Morgan fingerprint density at radius 1 is 1.18 bits per heavy atom. The molecule has 1 N–H and O–H groups in total. The predicted molar refractivity (Wildman–Crippen MR) is 111 cm³/mol. The number of H-pyrrole nitrogens is 1. The lowest BCUT2D eigenvalue weighted by Gasteiger charge is -2.21. The Hall–Kier alpha value is -2.57. The number of aromatic nitrogens is 2. The first-order chi connectivity index (χ1) is 13.5. The summed E-state index contributed by atoms with van der Waals surface area (Å²) in [6.07, 6.45) is 0. The van der Waals surface area contributed by atoms with Gasteiger partial charge in [0.2, 0.25) is 0 Å². The first-order valence-corrected chi connectivity index (χ1v) is 9.63. The van der Waals surface area contributed by atoms with Crippen molar-refractivity contribution in [2.75, 3.05) is 20.3 Å². The van der Waals surface area contributed by atoms with E-state index in [1.54, 1.807) is 13.2 Å². The van der Waals surface area contributed by atoms with Gasteiger partial charge in [-0.25, -0.2) is 4.98 Å². The molecule has 1 aromatic heterocycles. The summed E-state index contributed by atoms with van der Waals surface area (Å²) in [7, 11) is 1.60. The third-order valence-electron chi connectivity index (χ3n) is 4.47. The molecule has 0 aliphatic rings. The number of hydrogen-bond donors (Lipinski definition) is 1. The number of fused-ring (bicyclic) bond motifs is 1. The Morgan fingerprint density at radius 3 is 2.68 bits per heavy atom. The van der Waals surface area contributed by atoms with Gasteiger partial charge in [0.05, 0.1) is 36.2 Å². The van der Waals surface area contributed by atoms with Crippen molar-refractivity contribution in [3.63, 3.8) is 0 Å². The first-order valence-electron chi connectivity index (χ1n) is 9.25. The zero-order valence-corrected chi connectivity index (χ0v) is 17.0. The minimum absolute atomic E-state index is 0.123. The summed E-state index contributed by atoms with van der Waals surface area (Å²) in [6.45, 7) is 6.41. The average molecular weight is 402 g/mol. The van der Waals surface area contributed by atoms with Crippen LogP contribution >= 0.6 is 11.6 Å². The molecule has 0 amide bonds. The number of benzene rings is 2. The molecule has 0 aliphatic carbocycles. The monoisotopic (exact) mass is 401 g/mol. The molecule has 6 nitrogen and oxygen atoms in total. The molecule has 148 valence electrons. The summed E-state index contributed by atoms with van der Waals surface area (Å²) in [6, 6.07) is 11.1. The Labute approximate surface area is 169 Å². The Balaban J connectivity index is 1.83. The van der Waals surface area contributed by atoms with Gasteiger partial charge in [-0.2, -0.15) is 0 Å². The highest BCUT2D eigenvalue weighted by Gasteiger charge is 2.14. The van der Waals surface area contributed by atoms with Crippen LogP contribution < -0.4 is 15.0 Å². The summed E-state index contributed by atoms with van der Waals surface area (Å²) < 4.78 is 11.0. The smallest absolute Gasteiger partial charge is 0.258 e. The van der Waals surface area contributed by atoms with Crippen LogP contribution in [-0.4, -0.2) is 35.1 Å². The molecule has 0 atom stereocenters. The van der Waals surface area contributed by atoms with Crippen LogP contribution in [0.5, 0.6) is 11.5 Å². The van der Waals surface area contributed by atoms with Gasteiger partial charge in [0.1, 0.15) is 5.82 Å². The zero-order valence-electron chi connectivity index (χ0n) is 16.3. The van der Waals surface area contributed by atoms with Crippen LogP contribution in [-0.2, 0) is 13.1 Å². The maximum absolute atomic E-state index is 12.3. The Kier molecular flexibility index (Phi) is 6.54. The van der Waals surface area contributed by atoms with Crippen molar-refractivity contribution in [1.29, 1.82) is 0 Å². The number of aromatic amines is 1. The molecule has 0 aliphatic heterocycles. The Morgan fingerprint density at radius 2 is 1.96 bits per heavy atom. The van der Waals surface area contributed by atoms with Gasteiger partial charge in [-0.05, 0) is 43.3 Å². The lowest BCUT2D eigenvalue weighted by Crippen LogP contribution is -2.25. The van der Waals surface area contributed by atoms with Crippen molar-refractivity contribution in [3.05, 3.63) is 63.2 Å². The molecular weight excluding hydrogens is 378 g/mol. The van der Waals surface area contributed by atoms with E-state index < -0.39 is 0 Å². The van der Waals surface area contributed by atoms with Crippen LogP contribution in [0.25, 0.3) is 10.9 Å². The number of methoxy groups -OCH3 is 1. The second kappa shape index (κ2) is 9.08. The third-order valence-corrected chi connectivity index (χ3v) is 4.75. The number of nitrogens with zero attached hydrogens (tertiary/aromatic N) is 2. The van der Waals surface area contributed by atoms with E-state index in [-0.39, 0.29) is 5.56 Å². The average Bonchev–Trinajstić information content (AvgIpc) is 2.69. The van der Waals surface area contributed by atoms with Crippen LogP contribution in [0.1, 0.15) is 25.2 Å². The predicted octanol–water partition coefficient (Wildman–Crippen LogP) is 4.01. The number of para-hydroxylation sites is 1. The van der Waals surface area contributed by atoms with E-state index in [1.165, 1.54) is 0 Å². The number of ether oxygens (including phenoxy) is 2. The lowest BCUT2D eigenvalue weighted by molar-refractivity contribution is 0.263. The molecule has 2 aromatic carbocycles. The van der Waals surface area contributed by atoms with Crippen molar-refractivity contribution < 1.29 is 9.47 Å². The minimum Gasteiger partial charge on any atom is -0.493 e. The van der Waals surface area contributed by atoms with Crippen molar-refractivity contribution in [2.24, 2.45) is 0 Å². The molecular formula is C21H24ClN3O3. The summed E-state index contributed by atoms with van der Waals surface area (Å²) in [5, 5.41) is 1.11. The molecule has 3 aromatic rings.